The summed E-state index contributed by atoms with van der Waals surface area (Å²) in [5, 5.41) is 11.9. The molecular weight excluding hydrogens is 186 g/mol. The Morgan fingerprint density at radius 3 is 2.53 bits per heavy atom. The molecular formula is C12H17N3. The summed E-state index contributed by atoms with van der Waals surface area (Å²) in [6.45, 7) is 5.05. The lowest BCUT2D eigenvalue weighted by Gasteiger charge is -2.19. The van der Waals surface area contributed by atoms with Gasteiger partial charge in [0.05, 0.1) is 11.6 Å². The zero-order valence-corrected chi connectivity index (χ0v) is 9.33. The quantitative estimate of drug-likeness (QED) is 0.739. The van der Waals surface area contributed by atoms with E-state index < -0.39 is 0 Å². The second-order valence-corrected chi connectivity index (χ2v) is 3.43. The van der Waals surface area contributed by atoms with E-state index in [1.807, 2.05) is 24.3 Å². The minimum atomic E-state index is 0.707. The van der Waals surface area contributed by atoms with Crippen molar-refractivity contribution in [3.05, 3.63) is 29.8 Å². The van der Waals surface area contributed by atoms with Crippen LogP contribution in [0.15, 0.2) is 24.3 Å². The third-order valence-corrected chi connectivity index (χ3v) is 2.31. The van der Waals surface area contributed by atoms with Crippen LogP contribution in [0.4, 0.5) is 5.69 Å². The first-order chi connectivity index (χ1) is 7.27. The monoisotopic (exact) mass is 203 g/mol. The first-order valence-electron chi connectivity index (χ1n) is 5.20. The lowest BCUT2D eigenvalue weighted by Crippen LogP contribution is -2.28. The lowest BCUT2D eigenvalue weighted by atomic mass is 10.2. The van der Waals surface area contributed by atoms with Gasteiger partial charge < -0.3 is 10.2 Å². The van der Waals surface area contributed by atoms with Gasteiger partial charge >= 0.3 is 0 Å². The van der Waals surface area contributed by atoms with E-state index in [4.69, 9.17) is 5.26 Å². The second kappa shape index (κ2) is 6.05. The second-order valence-electron chi connectivity index (χ2n) is 3.43. The van der Waals surface area contributed by atoms with Crippen LogP contribution in [-0.4, -0.2) is 26.7 Å². The molecule has 0 aliphatic carbocycles. The van der Waals surface area contributed by atoms with Crippen molar-refractivity contribution < 1.29 is 0 Å². The highest BCUT2D eigenvalue weighted by atomic mass is 15.1. The van der Waals surface area contributed by atoms with Gasteiger partial charge in [-0.25, -0.2) is 0 Å². The van der Waals surface area contributed by atoms with Gasteiger partial charge in [0.15, 0.2) is 0 Å². The SMILES string of the molecule is CCNCCN(C)c1ccc(C#N)cc1. The molecule has 3 heteroatoms. The molecule has 1 aromatic carbocycles. The van der Waals surface area contributed by atoms with Gasteiger partial charge in [-0.1, -0.05) is 6.92 Å². The molecule has 0 bridgehead atoms. The Morgan fingerprint density at radius 1 is 1.33 bits per heavy atom. The molecule has 1 aromatic rings. The van der Waals surface area contributed by atoms with Gasteiger partial charge in [-0.2, -0.15) is 5.26 Å². The van der Waals surface area contributed by atoms with Crippen molar-refractivity contribution in [1.82, 2.24) is 5.32 Å². The maximum absolute atomic E-state index is 8.67. The molecule has 0 atom stereocenters. The zero-order valence-electron chi connectivity index (χ0n) is 9.33. The molecule has 0 saturated heterocycles. The molecule has 0 aromatic heterocycles. The summed E-state index contributed by atoms with van der Waals surface area (Å²) in [4.78, 5) is 2.17. The maximum Gasteiger partial charge on any atom is 0.0991 e. The van der Waals surface area contributed by atoms with Crippen LogP contribution in [0.1, 0.15) is 12.5 Å². The van der Waals surface area contributed by atoms with Crippen LogP contribution < -0.4 is 10.2 Å². The standard InChI is InChI=1S/C12H17N3/c1-3-14-8-9-15(2)12-6-4-11(10-13)5-7-12/h4-7,14H,3,8-9H2,1-2H3. The van der Waals surface area contributed by atoms with E-state index >= 15 is 0 Å². The van der Waals surface area contributed by atoms with Gasteiger partial charge in [-0.05, 0) is 30.8 Å². The maximum atomic E-state index is 8.67. The number of nitrogens with one attached hydrogen (secondary N) is 1. The fourth-order valence-corrected chi connectivity index (χ4v) is 1.34. The largest absolute Gasteiger partial charge is 0.373 e. The van der Waals surface area contributed by atoms with E-state index in [-0.39, 0.29) is 0 Å². The molecule has 15 heavy (non-hydrogen) atoms. The van der Waals surface area contributed by atoms with E-state index in [9.17, 15) is 0 Å². The Morgan fingerprint density at radius 2 is 2.00 bits per heavy atom. The normalized spacial score (nSPS) is 9.67. The molecule has 0 amide bonds. The van der Waals surface area contributed by atoms with Crippen LogP contribution in [0.2, 0.25) is 0 Å². The Balaban J connectivity index is 2.51. The number of likely N-dealkylation sites (N-methyl/N-ethyl adjacent to an activating group) is 2. The first kappa shape index (κ1) is 11.5. The molecule has 0 saturated carbocycles. The number of hydrogen-bond acceptors (Lipinski definition) is 3. The lowest BCUT2D eigenvalue weighted by molar-refractivity contribution is 0.706. The van der Waals surface area contributed by atoms with Crippen LogP contribution in [-0.2, 0) is 0 Å². The third kappa shape index (κ3) is 3.61. The highest BCUT2D eigenvalue weighted by molar-refractivity contribution is 5.48. The van der Waals surface area contributed by atoms with Gasteiger partial charge in [0, 0.05) is 25.8 Å². The van der Waals surface area contributed by atoms with E-state index in [0.717, 1.165) is 25.3 Å². The predicted octanol–water partition coefficient (Wildman–Crippen LogP) is 1.60. The van der Waals surface area contributed by atoms with Gasteiger partial charge in [0.25, 0.3) is 0 Å². The van der Waals surface area contributed by atoms with Gasteiger partial charge in [0.1, 0.15) is 0 Å². The molecule has 3 nitrogen and oxygen atoms in total. The molecule has 80 valence electrons. The summed E-state index contributed by atoms with van der Waals surface area (Å²) < 4.78 is 0. The van der Waals surface area contributed by atoms with Crippen molar-refractivity contribution in [3.8, 4) is 6.07 Å². The van der Waals surface area contributed by atoms with E-state index in [0.29, 0.717) is 5.56 Å². The number of anilines is 1. The smallest absolute Gasteiger partial charge is 0.0991 e. The van der Waals surface area contributed by atoms with Crippen LogP contribution in [0.3, 0.4) is 0 Å². The van der Waals surface area contributed by atoms with Crippen LogP contribution in [0, 0.1) is 11.3 Å². The molecule has 1 N–H and O–H groups in total. The number of nitrogens with zero attached hydrogens (tertiary/aromatic N) is 2. The molecule has 1 rings (SSSR count). The van der Waals surface area contributed by atoms with Gasteiger partial charge in [-0.3, -0.25) is 0 Å². The van der Waals surface area contributed by atoms with Crippen LogP contribution >= 0.6 is 0 Å². The summed E-state index contributed by atoms with van der Waals surface area (Å²) in [7, 11) is 2.05. The number of hydrogen-bond donors (Lipinski definition) is 1. The minimum Gasteiger partial charge on any atom is -0.373 e. The summed E-state index contributed by atoms with van der Waals surface area (Å²) in [6, 6.07) is 9.76. The Kier molecular flexibility index (Phi) is 4.65. The molecule has 0 spiro atoms. The fourth-order valence-electron chi connectivity index (χ4n) is 1.34. The topological polar surface area (TPSA) is 39.1 Å². The average Bonchev–Trinajstić information content (AvgIpc) is 2.29. The van der Waals surface area contributed by atoms with Crippen LogP contribution in [0.5, 0.6) is 0 Å². The Hall–Kier alpha value is -1.53. The number of rotatable bonds is 5. The van der Waals surface area contributed by atoms with E-state index in [1.165, 1.54) is 0 Å². The van der Waals surface area contributed by atoms with Crippen molar-refractivity contribution in [2.75, 3.05) is 31.6 Å². The summed E-state index contributed by atoms with van der Waals surface area (Å²) in [6.07, 6.45) is 0. The summed E-state index contributed by atoms with van der Waals surface area (Å²) in [5.41, 5.74) is 1.85. The zero-order chi connectivity index (χ0) is 11.1. The van der Waals surface area contributed by atoms with Crippen molar-refractivity contribution in [1.29, 1.82) is 5.26 Å². The minimum absolute atomic E-state index is 0.707. The van der Waals surface area contributed by atoms with Crippen molar-refractivity contribution in [2.24, 2.45) is 0 Å². The van der Waals surface area contributed by atoms with Crippen molar-refractivity contribution in [3.63, 3.8) is 0 Å². The van der Waals surface area contributed by atoms with E-state index in [2.05, 4.69) is 30.3 Å². The number of nitriles is 1. The van der Waals surface area contributed by atoms with Crippen molar-refractivity contribution in [2.45, 2.75) is 6.92 Å². The predicted molar refractivity (Wildman–Crippen MR) is 63.0 cm³/mol. The van der Waals surface area contributed by atoms with Crippen LogP contribution in [0.25, 0.3) is 0 Å². The highest BCUT2D eigenvalue weighted by Gasteiger charge is 1.99. The van der Waals surface area contributed by atoms with E-state index in [1.54, 1.807) is 0 Å². The molecule has 0 fully saturated rings. The molecule has 0 aliphatic heterocycles. The van der Waals surface area contributed by atoms with Crippen molar-refractivity contribution >= 4 is 5.69 Å². The summed E-state index contributed by atoms with van der Waals surface area (Å²) >= 11 is 0. The third-order valence-electron chi connectivity index (χ3n) is 2.31. The highest BCUT2D eigenvalue weighted by Crippen LogP contribution is 2.12. The molecule has 0 aliphatic rings. The van der Waals surface area contributed by atoms with Gasteiger partial charge in [-0.15, -0.1) is 0 Å². The molecule has 0 unspecified atom stereocenters. The number of benzene rings is 1. The molecule has 0 heterocycles. The fraction of sp³-hybridized carbons (Fsp3) is 0.417. The Labute approximate surface area is 91.3 Å². The van der Waals surface area contributed by atoms with Gasteiger partial charge in [0.2, 0.25) is 0 Å². The average molecular weight is 203 g/mol. The molecule has 0 radical (unpaired) electrons. The first-order valence-corrected chi connectivity index (χ1v) is 5.20. The summed E-state index contributed by atoms with van der Waals surface area (Å²) in [5.74, 6) is 0. The Bertz CT molecular complexity index is 324.